The third-order valence-electron chi connectivity index (χ3n) is 2.97. The molecule has 80 valence electrons. The summed E-state index contributed by atoms with van der Waals surface area (Å²) in [6.07, 6.45) is 1.65. The number of rotatable bonds is 2. The molecule has 0 atom stereocenters. The highest BCUT2D eigenvalue weighted by atomic mass is 79.9. The molecule has 0 aliphatic heterocycles. The average Bonchev–Trinajstić information content (AvgIpc) is 2.25. The second-order valence-corrected chi connectivity index (χ2v) is 5.48. The van der Waals surface area contributed by atoms with E-state index in [4.69, 9.17) is 4.74 Å². The maximum absolute atomic E-state index is 11.3. The smallest absolute Gasteiger partial charge is 0.308 e. The van der Waals surface area contributed by atoms with Gasteiger partial charge >= 0.3 is 5.97 Å². The minimum atomic E-state index is -0.0963. The van der Waals surface area contributed by atoms with E-state index in [0.29, 0.717) is 0 Å². The summed E-state index contributed by atoms with van der Waals surface area (Å²) in [6, 6.07) is 10.2. The molecule has 1 saturated carbocycles. The van der Waals surface area contributed by atoms with Gasteiger partial charge in [0.2, 0.25) is 0 Å². The number of carbonyl (C=O) groups is 1. The zero-order chi connectivity index (χ0) is 10.9. The van der Waals surface area contributed by atoms with Crippen molar-refractivity contribution in [3.05, 3.63) is 35.9 Å². The van der Waals surface area contributed by atoms with Crippen LogP contribution in [0.2, 0.25) is 0 Å². The van der Waals surface area contributed by atoms with Crippen molar-refractivity contribution in [3.63, 3.8) is 0 Å². The number of carbonyl (C=O) groups excluding carboxylic acids is 1. The van der Waals surface area contributed by atoms with Crippen LogP contribution in [0, 0.1) is 5.92 Å². The van der Waals surface area contributed by atoms with E-state index >= 15 is 0 Å². The Hall–Kier alpha value is -0.830. The predicted octanol–water partition coefficient (Wildman–Crippen LogP) is 2.86. The standard InChI is InChI=1S/C12H13BrO2/c1-15-11(14)9-7-12(13,8-9)10-5-3-2-4-6-10/h2-6,9H,7-8H2,1H3. The van der Waals surface area contributed by atoms with Crippen molar-refractivity contribution in [3.8, 4) is 0 Å². The van der Waals surface area contributed by atoms with Crippen LogP contribution < -0.4 is 0 Å². The molecule has 1 aromatic carbocycles. The van der Waals surface area contributed by atoms with Crippen molar-refractivity contribution < 1.29 is 9.53 Å². The van der Waals surface area contributed by atoms with Gasteiger partial charge in [0.25, 0.3) is 0 Å². The second kappa shape index (κ2) is 3.97. The molecule has 2 rings (SSSR count). The van der Waals surface area contributed by atoms with Crippen LogP contribution in [0.15, 0.2) is 30.3 Å². The maximum atomic E-state index is 11.3. The molecule has 0 heterocycles. The molecular weight excluding hydrogens is 256 g/mol. The van der Waals surface area contributed by atoms with Crippen molar-refractivity contribution in [2.24, 2.45) is 5.92 Å². The fourth-order valence-corrected chi connectivity index (χ4v) is 3.07. The summed E-state index contributed by atoms with van der Waals surface area (Å²) in [7, 11) is 1.44. The lowest BCUT2D eigenvalue weighted by Crippen LogP contribution is -2.40. The zero-order valence-corrected chi connectivity index (χ0v) is 10.2. The number of ether oxygens (including phenoxy) is 1. The molecule has 0 unspecified atom stereocenters. The van der Waals surface area contributed by atoms with E-state index in [2.05, 4.69) is 28.1 Å². The predicted molar refractivity (Wildman–Crippen MR) is 61.8 cm³/mol. The van der Waals surface area contributed by atoms with Crippen LogP contribution in [0.4, 0.5) is 0 Å². The topological polar surface area (TPSA) is 26.3 Å². The van der Waals surface area contributed by atoms with E-state index < -0.39 is 0 Å². The SMILES string of the molecule is COC(=O)C1CC(Br)(c2ccccc2)C1. The molecule has 15 heavy (non-hydrogen) atoms. The normalized spacial score (nSPS) is 29.3. The zero-order valence-electron chi connectivity index (χ0n) is 8.57. The molecule has 0 N–H and O–H groups in total. The van der Waals surface area contributed by atoms with E-state index in [-0.39, 0.29) is 16.2 Å². The van der Waals surface area contributed by atoms with Crippen LogP contribution in [-0.2, 0) is 13.9 Å². The number of benzene rings is 1. The van der Waals surface area contributed by atoms with E-state index in [9.17, 15) is 4.79 Å². The first-order valence-corrected chi connectivity index (χ1v) is 5.77. The third-order valence-corrected chi connectivity index (χ3v) is 4.07. The molecule has 1 aliphatic rings. The number of esters is 1. The Morgan fingerprint density at radius 1 is 1.40 bits per heavy atom. The molecule has 0 aromatic heterocycles. The molecule has 1 fully saturated rings. The van der Waals surface area contributed by atoms with Crippen molar-refractivity contribution in [2.45, 2.75) is 17.2 Å². The van der Waals surface area contributed by atoms with Crippen LogP contribution in [0.5, 0.6) is 0 Å². The Morgan fingerprint density at radius 3 is 2.53 bits per heavy atom. The van der Waals surface area contributed by atoms with Crippen molar-refractivity contribution in [1.29, 1.82) is 0 Å². The fraction of sp³-hybridized carbons (Fsp3) is 0.417. The van der Waals surface area contributed by atoms with Crippen LogP contribution in [0.25, 0.3) is 0 Å². The number of halogens is 1. The molecule has 0 spiro atoms. The largest absolute Gasteiger partial charge is 0.469 e. The summed E-state index contributed by atoms with van der Waals surface area (Å²) in [6.45, 7) is 0. The van der Waals surface area contributed by atoms with E-state index in [1.807, 2.05) is 18.2 Å². The monoisotopic (exact) mass is 268 g/mol. The van der Waals surface area contributed by atoms with Crippen molar-refractivity contribution in [2.75, 3.05) is 7.11 Å². The van der Waals surface area contributed by atoms with Crippen LogP contribution in [0.1, 0.15) is 18.4 Å². The first-order valence-electron chi connectivity index (χ1n) is 4.98. The van der Waals surface area contributed by atoms with Crippen molar-refractivity contribution >= 4 is 21.9 Å². The first-order chi connectivity index (χ1) is 7.15. The van der Waals surface area contributed by atoms with E-state index in [1.165, 1.54) is 12.7 Å². The van der Waals surface area contributed by atoms with Gasteiger partial charge in [-0.2, -0.15) is 0 Å². The fourth-order valence-electron chi connectivity index (χ4n) is 2.03. The molecule has 0 radical (unpaired) electrons. The number of alkyl halides is 1. The molecule has 1 aromatic rings. The maximum Gasteiger partial charge on any atom is 0.308 e. The average molecular weight is 269 g/mol. The molecule has 0 bridgehead atoms. The highest BCUT2D eigenvalue weighted by Gasteiger charge is 2.47. The second-order valence-electron chi connectivity index (χ2n) is 3.96. The molecule has 2 nitrogen and oxygen atoms in total. The first kappa shape index (κ1) is 10.7. The summed E-state index contributed by atoms with van der Waals surface area (Å²) in [5, 5.41) is 0. The third kappa shape index (κ3) is 1.93. The molecular formula is C12H13BrO2. The van der Waals surface area contributed by atoms with Crippen molar-refractivity contribution in [1.82, 2.24) is 0 Å². The lowest BCUT2D eigenvalue weighted by molar-refractivity contribution is -0.149. The molecule has 0 saturated heterocycles. The minimum absolute atomic E-state index is 0.0207. The Labute approximate surface area is 97.8 Å². The van der Waals surface area contributed by atoms with Gasteiger partial charge in [0, 0.05) is 0 Å². The van der Waals surface area contributed by atoms with Gasteiger partial charge in [-0.1, -0.05) is 46.3 Å². The van der Waals surface area contributed by atoms with Gasteiger partial charge in [-0.25, -0.2) is 0 Å². The lowest BCUT2D eigenvalue weighted by Gasteiger charge is -2.42. The van der Waals surface area contributed by atoms with Gasteiger partial charge in [0.1, 0.15) is 0 Å². The quantitative estimate of drug-likeness (QED) is 0.609. The van der Waals surface area contributed by atoms with Gasteiger partial charge in [0.05, 0.1) is 17.4 Å². The summed E-state index contributed by atoms with van der Waals surface area (Å²) in [5.74, 6) is -0.0458. The summed E-state index contributed by atoms with van der Waals surface area (Å²) in [5.41, 5.74) is 1.24. The van der Waals surface area contributed by atoms with Crippen LogP contribution in [0.3, 0.4) is 0 Å². The molecule has 3 heteroatoms. The van der Waals surface area contributed by atoms with Gasteiger partial charge in [-0.15, -0.1) is 0 Å². The van der Waals surface area contributed by atoms with Gasteiger partial charge in [-0.3, -0.25) is 4.79 Å². The molecule has 1 aliphatic carbocycles. The van der Waals surface area contributed by atoms with E-state index in [1.54, 1.807) is 0 Å². The number of methoxy groups -OCH3 is 1. The Bertz CT molecular complexity index is 355. The van der Waals surface area contributed by atoms with Gasteiger partial charge in [0.15, 0.2) is 0 Å². The van der Waals surface area contributed by atoms with Crippen LogP contribution in [-0.4, -0.2) is 13.1 Å². The van der Waals surface area contributed by atoms with Gasteiger partial charge in [-0.05, 0) is 18.4 Å². The summed E-state index contributed by atoms with van der Waals surface area (Å²) < 4.78 is 4.70. The summed E-state index contributed by atoms with van der Waals surface area (Å²) >= 11 is 3.71. The van der Waals surface area contributed by atoms with Crippen LogP contribution >= 0.6 is 15.9 Å². The minimum Gasteiger partial charge on any atom is -0.469 e. The molecule has 0 amide bonds. The summed E-state index contributed by atoms with van der Waals surface area (Å²) in [4.78, 5) is 11.3. The Kier molecular flexibility index (Phi) is 2.83. The Balaban J connectivity index is 2.06. The Morgan fingerprint density at radius 2 is 2.00 bits per heavy atom. The highest BCUT2D eigenvalue weighted by Crippen LogP contribution is 2.52. The number of hydrogen-bond donors (Lipinski definition) is 0. The van der Waals surface area contributed by atoms with Gasteiger partial charge < -0.3 is 4.74 Å². The highest BCUT2D eigenvalue weighted by molar-refractivity contribution is 9.09. The lowest BCUT2D eigenvalue weighted by atomic mass is 9.71. The van der Waals surface area contributed by atoms with E-state index in [0.717, 1.165) is 12.8 Å². The number of hydrogen-bond acceptors (Lipinski definition) is 2.